The van der Waals surface area contributed by atoms with Crippen LogP contribution in [-0.2, 0) is 25.1 Å². The summed E-state index contributed by atoms with van der Waals surface area (Å²) in [4.78, 5) is 50.7. The number of alkyl halides is 7. The highest BCUT2D eigenvalue weighted by Gasteiger charge is 2.54. The maximum Gasteiger partial charge on any atom is 0.389 e. The maximum atomic E-state index is 14.8. The Hall–Kier alpha value is -4.12. The first-order chi connectivity index (χ1) is 21.6. The molecule has 1 unspecified atom stereocenters. The average molecular weight is 701 g/mol. The molecule has 6 N–H and O–H groups in total. The number of ether oxygens (including phenoxy) is 1. The minimum absolute atomic E-state index is 0.111. The van der Waals surface area contributed by atoms with E-state index in [4.69, 9.17) is 22.1 Å². The number of carbonyl (C=O) groups is 4. The van der Waals surface area contributed by atoms with Crippen molar-refractivity contribution >= 4 is 35.2 Å². The third-order valence-electron chi connectivity index (χ3n) is 6.98. The Bertz CT molecular complexity index is 1430. The van der Waals surface area contributed by atoms with E-state index in [1.54, 1.807) is 5.32 Å². The van der Waals surface area contributed by atoms with Crippen LogP contribution in [0.4, 0.5) is 30.7 Å². The number of benzene rings is 2. The van der Waals surface area contributed by atoms with Crippen molar-refractivity contribution in [2.45, 2.75) is 56.4 Å². The van der Waals surface area contributed by atoms with Gasteiger partial charge in [-0.15, -0.1) is 0 Å². The highest BCUT2D eigenvalue weighted by Crippen LogP contribution is 2.39. The molecule has 2 aromatic rings. The fourth-order valence-electron chi connectivity index (χ4n) is 4.49. The number of nitrogens with two attached hydrogens (primary N) is 1. The highest BCUT2D eigenvalue weighted by atomic mass is 35.5. The summed E-state index contributed by atoms with van der Waals surface area (Å²) in [5.41, 5.74) is 3.75. The predicted octanol–water partition coefficient (Wildman–Crippen LogP) is 3.61. The number of halogens is 8. The number of carbonyl (C=O) groups excluding carboxylic acids is 4. The molecule has 0 heterocycles. The third-order valence-corrected chi connectivity index (χ3v) is 7.22. The van der Waals surface area contributed by atoms with Crippen LogP contribution in [0.25, 0.3) is 0 Å². The van der Waals surface area contributed by atoms with E-state index in [9.17, 15) is 55.0 Å². The van der Waals surface area contributed by atoms with Crippen molar-refractivity contribution in [3.05, 3.63) is 64.7 Å². The van der Waals surface area contributed by atoms with Crippen LogP contribution in [0.5, 0.6) is 5.75 Å². The molecule has 18 heteroatoms. The molecule has 0 radical (unpaired) electrons. The number of hydrogen-bond donors (Lipinski definition) is 5. The Kier molecular flexibility index (Phi) is 13.0. The second-order valence-corrected chi connectivity index (χ2v) is 11.1. The maximum absolute atomic E-state index is 14.8. The Morgan fingerprint density at radius 1 is 0.915 bits per heavy atom. The summed E-state index contributed by atoms with van der Waals surface area (Å²) < 4.78 is 104. The summed E-state index contributed by atoms with van der Waals surface area (Å²) in [7, 11) is 1.29. The number of aliphatic hydroxyl groups is 1. The molecular formula is C29H32ClF7N4O6. The lowest BCUT2D eigenvalue weighted by atomic mass is 9.82. The quantitative estimate of drug-likeness (QED) is 0.179. The lowest BCUT2D eigenvalue weighted by molar-refractivity contribution is -0.186. The fraction of sp³-hybridized carbons (Fsp3) is 0.448. The lowest BCUT2D eigenvalue weighted by Crippen LogP contribution is -2.58. The predicted molar refractivity (Wildman–Crippen MR) is 153 cm³/mol. The van der Waals surface area contributed by atoms with Gasteiger partial charge in [-0.3, -0.25) is 19.2 Å². The van der Waals surface area contributed by atoms with Crippen molar-refractivity contribution < 1.29 is 59.8 Å². The van der Waals surface area contributed by atoms with E-state index in [-0.39, 0.29) is 16.3 Å². The molecular weight excluding hydrogens is 669 g/mol. The van der Waals surface area contributed by atoms with Gasteiger partial charge in [0.2, 0.25) is 11.8 Å². The van der Waals surface area contributed by atoms with Crippen LogP contribution in [0.3, 0.4) is 0 Å². The van der Waals surface area contributed by atoms with Gasteiger partial charge in [0.05, 0.1) is 26.1 Å². The van der Waals surface area contributed by atoms with Gasteiger partial charge in [-0.25, -0.2) is 0 Å². The standard InChI is InChI=1S/C29H32ClF7N4O6/c1-14(2)21(19(12-27(31,32)33)29(36,37)25(38)45)40-24(44)22(15-7-9-18(47-3)10-8-15)41-23(43)20(13-42)39-26(46)28(34,35)16-5-4-6-17(30)11-16/h4-11,14,19-22,42H,12-13H2,1-3H3,(H2,38,45)(H,39,46)(H,40,44)(H,41,43)/t19?,20-,21-,22-/m0/s1. The highest BCUT2D eigenvalue weighted by molar-refractivity contribution is 6.30. The second kappa shape index (κ2) is 15.6. The van der Waals surface area contributed by atoms with Crippen LogP contribution in [0.2, 0.25) is 5.02 Å². The van der Waals surface area contributed by atoms with Gasteiger partial charge in [-0.1, -0.05) is 49.7 Å². The molecule has 0 bridgehead atoms. The summed E-state index contributed by atoms with van der Waals surface area (Å²) in [6, 6.07) is 2.97. The lowest BCUT2D eigenvalue weighted by Gasteiger charge is -2.36. The second-order valence-electron chi connectivity index (χ2n) is 10.7. The van der Waals surface area contributed by atoms with Crippen LogP contribution in [0.1, 0.15) is 37.4 Å². The summed E-state index contributed by atoms with van der Waals surface area (Å²) in [5.74, 6) is -20.0. The summed E-state index contributed by atoms with van der Waals surface area (Å²) >= 11 is 5.71. The largest absolute Gasteiger partial charge is 0.497 e. The molecule has 2 rings (SSSR count). The number of rotatable bonds is 15. The van der Waals surface area contributed by atoms with Gasteiger partial charge < -0.3 is 31.5 Å². The molecule has 0 spiro atoms. The van der Waals surface area contributed by atoms with Crippen molar-refractivity contribution in [2.24, 2.45) is 17.6 Å². The zero-order valence-corrected chi connectivity index (χ0v) is 25.8. The third kappa shape index (κ3) is 10.2. The van der Waals surface area contributed by atoms with Crippen molar-refractivity contribution in [1.82, 2.24) is 16.0 Å². The van der Waals surface area contributed by atoms with Crippen molar-refractivity contribution in [3.63, 3.8) is 0 Å². The first-order valence-electron chi connectivity index (χ1n) is 13.7. The van der Waals surface area contributed by atoms with E-state index in [0.717, 1.165) is 18.2 Å². The number of primary amides is 1. The Morgan fingerprint density at radius 2 is 1.51 bits per heavy atom. The Balaban J connectivity index is 2.47. The van der Waals surface area contributed by atoms with Crippen molar-refractivity contribution in [3.8, 4) is 5.75 Å². The summed E-state index contributed by atoms with van der Waals surface area (Å²) in [5, 5.41) is 15.4. The average Bonchev–Trinajstić information content (AvgIpc) is 2.99. The molecule has 0 aromatic heterocycles. The molecule has 4 atom stereocenters. The number of nitrogens with one attached hydrogen (secondary N) is 3. The van der Waals surface area contributed by atoms with Gasteiger partial charge in [-0.2, -0.15) is 30.7 Å². The van der Waals surface area contributed by atoms with Crippen LogP contribution in [-0.4, -0.2) is 66.6 Å². The van der Waals surface area contributed by atoms with Gasteiger partial charge in [0.25, 0.3) is 11.8 Å². The van der Waals surface area contributed by atoms with E-state index in [1.807, 2.05) is 5.32 Å². The molecule has 10 nitrogen and oxygen atoms in total. The Morgan fingerprint density at radius 3 is 1.98 bits per heavy atom. The minimum atomic E-state index is -5.23. The molecule has 0 aliphatic carbocycles. The van der Waals surface area contributed by atoms with Gasteiger partial charge in [0.1, 0.15) is 17.8 Å². The van der Waals surface area contributed by atoms with E-state index >= 15 is 0 Å². The zero-order chi connectivity index (χ0) is 35.9. The Labute approximate surface area is 269 Å². The first kappa shape index (κ1) is 39.1. The minimum Gasteiger partial charge on any atom is -0.497 e. The summed E-state index contributed by atoms with van der Waals surface area (Å²) in [6.07, 6.45) is -7.46. The summed E-state index contributed by atoms with van der Waals surface area (Å²) in [6.45, 7) is 1.10. The zero-order valence-electron chi connectivity index (χ0n) is 25.0. The van der Waals surface area contributed by atoms with Crippen LogP contribution in [0.15, 0.2) is 48.5 Å². The topological polar surface area (TPSA) is 160 Å². The molecule has 0 aliphatic heterocycles. The van der Waals surface area contributed by atoms with E-state index in [0.29, 0.717) is 0 Å². The molecule has 0 aliphatic rings. The molecule has 0 saturated heterocycles. The fourth-order valence-corrected chi connectivity index (χ4v) is 4.68. The first-order valence-corrected chi connectivity index (χ1v) is 14.1. The van der Waals surface area contributed by atoms with Gasteiger partial charge in [-0.05, 0) is 35.7 Å². The normalized spacial score (nSPS) is 14.8. The molecule has 0 saturated carbocycles. The van der Waals surface area contributed by atoms with E-state index in [2.05, 4.69) is 5.32 Å². The smallest absolute Gasteiger partial charge is 0.389 e. The number of hydrogen-bond acceptors (Lipinski definition) is 6. The van der Waals surface area contributed by atoms with Gasteiger partial charge in [0, 0.05) is 16.6 Å². The number of methoxy groups -OCH3 is 1. The number of amides is 4. The molecule has 47 heavy (non-hydrogen) atoms. The van der Waals surface area contributed by atoms with Gasteiger partial charge in [0.15, 0.2) is 0 Å². The van der Waals surface area contributed by atoms with Gasteiger partial charge >= 0.3 is 18.0 Å². The van der Waals surface area contributed by atoms with E-state index in [1.165, 1.54) is 51.3 Å². The van der Waals surface area contributed by atoms with Crippen molar-refractivity contribution in [1.29, 1.82) is 0 Å². The van der Waals surface area contributed by atoms with Crippen LogP contribution in [0, 0.1) is 11.8 Å². The van der Waals surface area contributed by atoms with Crippen molar-refractivity contribution in [2.75, 3.05) is 13.7 Å². The van der Waals surface area contributed by atoms with E-state index < -0.39 is 90.2 Å². The molecule has 4 amide bonds. The SMILES string of the molecule is COc1ccc([C@H](NC(=O)[C@H](CO)NC(=O)C(F)(F)c2cccc(Cl)c2)C(=O)N[C@@H](C(C)C)C(CC(F)(F)F)C(F)(F)C(N)=O)cc1. The number of aliphatic hydroxyl groups excluding tert-OH is 1. The molecule has 0 fully saturated rings. The molecule has 260 valence electrons. The van der Waals surface area contributed by atoms with Crippen LogP contribution >= 0.6 is 11.6 Å². The van der Waals surface area contributed by atoms with Crippen LogP contribution < -0.4 is 26.4 Å². The molecule has 2 aromatic carbocycles. The monoisotopic (exact) mass is 700 g/mol.